The zero-order valence-corrected chi connectivity index (χ0v) is 9.58. The normalized spacial score (nSPS) is 10.1. The van der Waals surface area contributed by atoms with Crippen LogP contribution in [0.4, 0.5) is 0 Å². The van der Waals surface area contributed by atoms with E-state index in [-0.39, 0.29) is 0 Å². The summed E-state index contributed by atoms with van der Waals surface area (Å²) >= 11 is 3.49. The fraction of sp³-hybridized carbons (Fsp3) is 0.0769. The second-order valence-corrected chi connectivity index (χ2v) is 4.24. The zero-order valence-electron chi connectivity index (χ0n) is 8.00. The van der Waals surface area contributed by atoms with Crippen molar-refractivity contribution >= 4 is 15.9 Å². The average molecular weight is 247 g/mol. The maximum Gasteiger partial charge on any atom is 0.0181 e. The van der Waals surface area contributed by atoms with Crippen LogP contribution in [0.2, 0.25) is 0 Å². The number of hydrogen-bond donors (Lipinski definition) is 0. The summed E-state index contributed by atoms with van der Waals surface area (Å²) in [7, 11) is 0. The molecule has 0 nitrogen and oxygen atoms in total. The number of hydrogen-bond acceptors (Lipinski definition) is 0. The minimum Gasteiger partial charge on any atom is -0.0622 e. The third-order valence-corrected chi connectivity index (χ3v) is 2.78. The molecular weight excluding hydrogens is 236 g/mol. The van der Waals surface area contributed by atoms with Gasteiger partial charge in [-0.05, 0) is 35.7 Å². The van der Waals surface area contributed by atoms with E-state index in [1.165, 1.54) is 16.7 Å². The Morgan fingerprint density at radius 2 is 1.64 bits per heavy atom. The van der Waals surface area contributed by atoms with Crippen molar-refractivity contribution in [1.82, 2.24) is 0 Å². The summed E-state index contributed by atoms with van der Waals surface area (Å²) < 4.78 is 1.13. The molecule has 0 aliphatic heterocycles. The van der Waals surface area contributed by atoms with Crippen molar-refractivity contribution in [3.8, 4) is 11.1 Å². The van der Waals surface area contributed by atoms with E-state index in [4.69, 9.17) is 0 Å². The highest BCUT2D eigenvalue weighted by molar-refractivity contribution is 9.10. The number of rotatable bonds is 1. The van der Waals surface area contributed by atoms with E-state index >= 15 is 0 Å². The molecule has 0 aromatic heterocycles. The van der Waals surface area contributed by atoms with Gasteiger partial charge in [-0.15, -0.1) is 0 Å². The van der Waals surface area contributed by atoms with Crippen LogP contribution in [-0.4, -0.2) is 0 Å². The van der Waals surface area contributed by atoms with Gasteiger partial charge in [0.05, 0.1) is 0 Å². The Kier molecular flexibility index (Phi) is 2.69. The lowest BCUT2D eigenvalue weighted by atomic mass is 10.0. The van der Waals surface area contributed by atoms with E-state index in [1.54, 1.807) is 0 Å². The maximum atomic E-state index is 3.49. The van der Waals surface area contributed by atoms with E-state index in [0.717, 1.165) is 4.47 Å². The zero-order chi connectivity index (χ0) is 9.97. The molecule has 0 saturated heterocycles. The van der Waals surface area contributed by atoms with Gasteiger partial charge in [-0.3, -0.25) is 0 Å². The van der Waals surface area contributed by atoms with Gasteiger partial charge in [-0.1, -0.05) is 52.3 Å². The van der Waals surface area contributed by atoms with Gasteiger partial charge in [0, 0.05) is 4.47 Å². The Hall–Kier alpha value is -1.08. The van der Waals surface area contributed by atoms with E-state index in [2.05, 4.69) is 65.3 Å². The molecule has 0 bridgehead atoms. The van der Waals surface area contributed by atoms with E-state index < -0.39 is 0 Å². The molecule has 2 aromatic carbocycles. The van der Waals surface area contributed by atoms with Crippen LogP contribution in [-0.2, 0) is 0 Å². The molecule has 0 heterocycles. The van der Waals surface area contributed by atoms with Crippen LogP contribution in [0, 0.1) is 6.92 Å². The molecule has 0 unspecified atom stereocenters. The lowest BCUT2D eigenvalue weighted by molar-refractivity contribution is 1.44. The SMILES string of the molecule is Cc1ccc(Br)cc1-c1ccccc1. The summed E-state index contributed by atoms with van der Waals surface area (Å²) in [5, 5.41) is 0. The molecule has 70 valence electrons. The second kappa shape index (κ2) is 3.97. The molecule has 0 aliphatic carbocycles. The molecule has 2 aromatic rings. The topological polar surface area (TPSA) is 0 Å². The summed E-state index contributed by atoms with van der Waals surface area (Å²) in [5.74, 6) is 0. The minimum absolute atomic E-state index is 1.13. The van der Waals surface area contributed by atoms with Crippen molar-refractivity contribution in [2.24, 2.45) is 0 Å². The average Bonchev–Trinajstić information content (AvgIpc) is 2.23. The first-order valence-corrected chi connectivity index (χ1v) is 5.38. The fourth-order valence-corrected chi connectivity index (χ4v) is 1.88. The summed E-state index contributed by atoms with van der Waals surface area (Å²) in [6.07, 6.45) is 0. The molecule has 2 rings (SSSR count). The summed E-state index contributed by atoms with van der Waals surface area (Å²) in [5.41, 5.74) is 3.87. The Labute approximate surface area is 92.7 Å². The van der Waals surface area contributed by atoms with Gasteiger partial charge in [-0.2, -0.15) is 0 Å². The largest absolute Gasteiger partial charge is 0.0622 e. The van der Waals surface area contributed by atoms with Crippen LogP contribution in [0.5, 0.6) is 0 Å². The molecule has 0 saturated carbocycles. The van der Waals surface area contributed by atoms with Gasteiger partial charge in [0.2, 0.25) is 0 Å². The molecule has 1 heteroatoms. The fourth-order valence-electron chi connectivity index (χ4n) is 1.52. The van der Waals surface area contributed by atoms with Crippen LogP contribution in [0.15, 0.2) is 53.0 Å². The predicted molar refractivity (Wildman–Crippen MR) is 64.3 cm³/mol. The molecule has 0 radical (unpaired) electrons. The predicted octanol–water partition coefficient (Wildman–Crippen LogP) is 4.42. The Morgan fingerprint density at radius 1 is 0.929 bits per heavy atom. The van der Waals surface area contributed by atoms with Crippen molar-refractivity contribution in [2.45, 2.75) is 6.92 Å². The molecule has 0 spiro atoms. The first-order chi connectivity index (χ1) is 6.77. The Morgan fingerprint density at radius 3 is 2.36 bits per heavy atom. The molecule has 14 heavy (non-hydrogen) atoms. The quantitative estimate of drug-likeness (QED) is 0.699. The van der Waals surface area contributed by atoms with Crippen molar-refractivity contribution < 1.29 is 0 Å². The molecule has 0 amide bonds. The molecular formula is C13H11Br. The first kappa shape index (κ1) is 9.47. The van der Waals surface area contributed by atoms with Gasteiger partial charge in [-0.25, -0.2) is 0 Å². The smallest absolute Gasteiger partial charge is 0.0181 e. The summed E-state index contributed by atoms with van der Waals surface area (Å²) in [6, 6.07) is 16.8. The standard InChI is InChI=1S/C13H11Br/c1-10-7-8-12(14)9-13(10)11-5-3-2-4-6-11/h2-9H,1H3. The van der Waals surface area contributed by atoms with Crippen LogP contribution >= 0.6 is 15.9 Å². The van der Waals surface area contributed by atoms with Gasteiger partial charge in [0.15, 0.2) is 0 Å². The lowest BCUT2D eigenvalue weighted by Crippen LogP contribution is -1.82. The van der Waals surface area contributed by atoms with Crippen LogP contribution in [0.25, 0.3) is 11.1 Å². The number of benzene rings is 2. The lowest BCUT2D eigenvalue weighted by Gasteiger charge is -2.06. The molecule has 0 fully saturated rings. The van der Waals surface area contributed by atoms with Crippen LogP contribution < -0.4 is 0 Å². The van der Waals surface area contributed by atoms with E-state index in [1.807, 2.05) is 6.07 Å². The Bertz CT molecular complexity index is 432. The van der Waals surface area contributed by atoms with Gasteiger partial charge in [0.1, 0.15) is 0 Å². The highest BCUT2D eigenvalue weighted by Crippen LogP contribution is 2.26. The third-order valence-electron chi connectivity index (χ3n) is 2.28. The van der Waals surface area contributed by atoms with E-state index in [0.29, 0.717) is 0 Å². The van der Waals surface area contributed by atoms with Crippen molar-refractivity contribution in [1.29, 1.82) is 0 Å². The van der Waals surface area contributed by atoms with Gasteiger partial charge in [0.25, 0.3) is 0 Å². The molecule has 0 aliphatic rings. The second-order valence-electron chi connectivity index (χ2n) is 3.33. The summed E-state index contributed by atoms with van der Waals surface area (Å²) in [4.78, 5) is 0. The monoisotopic (exact) mass is 246 g/mol. The maximum absolute atomic E-state index is 3.49. The highest BCUT2D eigenvalue weighted by atomic mass is 79.9. The third kappa shape index (κ3) is 1.88. The minimum atomic E-state index is 1.13. The first-order valence-electron chi connectivity index (χ1n) is 4.59. The van der Waals surface area contributed by atoms with Crippen molar-refractivity contribution in [3.63, 3.8) is 0 Å². The summed E-state index contributed by atoms with van der Waals surface area (Å²) in [6.45, 7) is 2.13. The molecule has 0 atom stereocenters. The van der Waals surface area contributed by atoms with Crippen LogP contribution in [0.3, 0.4) is 0 Å². The molecule has 0 N–H and O–H groups in total. The number of halogens is 1. The van der Waals surface area contributed by atoms with Crippen molar-refractivity contribution in [3.05, 3.63) is 58.6 Å². The van der Waals surface area contributed by atoms with E-state index in [9.17, 15) is 0 Å². The van der Waals surface area contributed by atoms with Crippen molar-refractivity contribution in [2.75, 3.05) is 0 Å². The van der Waals surface area contributed by atoms with Gasteiger partial charge < -0.3 is 0 Å². The van der Waals surface area contributed by atoms with Gasteiger partial charge >= 0.3 is 0 Å². The Balaban J connectivity index is 2.57. The number of aryl methyl sites for hydroxylation is 1. The highest BCUT2D eigenvalue weighted by Gasteiger charge is 2.00. The van der Waals surface area contributed by atoms with Crippen LogP contribution in [0.1, 0.15) is 5.56 Å².